The molecule has 0 amide bonds. The molecule has 86 valence electrons. The van der Waals surface area contributed by atoms with Gasteiger partial charge in [-0.1, -0.05) is 12.2 Å². The minimum absolute atomic E-state index is 0.00211. The average Bonchev–Trinajstić information content (AvgIpc) is 2.34. The van der Waals surface area contributed by atoms with Crippen molar-refractivity contribution in [3.63, 3.8) is 0 Å². The lowest BCUT2D eigenvalue weighted by atomic mass is 10.0. The normalized spacial score (nSPS) is 30.5. The van der Waals surface area contributed by atoms with Crippen molar-refractivity contribution in [3.05, 3.63) is 25.3 Å². The predicted molar refractivity (Wildman–Crippen MR) is 59.6 cm³/mol. The number of ether oxygens (including phenoxy) is 3. The molecule has 0 spiro atoms. The lowest BCUT2D eigenvalue weighted by Gasteiger charge is -2.22. The van der Waals surface area contributed by atoms with E-state index in [2.05, 4.69) is 13.2 Å². The smallest absolute Gasteiger partial charge is 0.162 e. The molecule has 0 N–H and O–H groups in total. The van der Waals surface area contributed by atoms with Gasteiger partial charge in [-0.05, 0) is 13.8 Å². The summed E-state index contributed by atoms with van der Waals surface area (Å²) in [4.78, 5) is 0. The molecule has 1 aliphatic rings. The molecule has 0 unspecified atom stereocenters. The molecule has 0 radical (unpaired) electrons. The summed E-state index contributed by atoms with van der Waals surface area (Å²) in [6.45, 7) is 12.9. The summed E-state index contributed by atoms with van der Waals surface area (Å²) in [6.07, 6.45) is 3.59. The van der Waals surface area contributed by atoms with Crippen LogP contribution in [0.2, 0.25) is 0 Å². The van der Waals surface area contributed by atoms with Crippen LogP contribution in [0.4, 0.5) is 0 Å². The molecule has 0 aromatic heterocycles. The second-order valence-corrected chi connectivity index (χ2v) is 4.08. The zero-order valence-electron chi connectivity index (χ0n) is 9.57. The Morgan fingerprint density at radius 1 is 1.33 bits per heavy atom. The molecule has 2 atom stereocenters. The van der Waals surface area contributed by atoms with E-state index in [9.17, 15) is 0 Å². The fraction of sp³-hybridized carbons (Fsp3) is 0.667. The first-order valence-electron chi connectivity index (χ1n) is 5.22. The molecule has 0 aliphatic carbocycles. The fourth-order valence-corrected chi connectivity index (χ4v) is 1.44. The van der Waals surface area contributed by atoms with Crippen molar-refractivity contribution >= 4 is 0 Å². The topological polar surface area (TPSA) is 27.7 Å². The van der Waals surface area contributed by atoms with Crippen LogP contribution in [0.3, 0.4) is 0 Å². The van der Waals surface area contributed by atoms with Crippen molar-refractivity contribution in [1.82, 2.24) is 0 Å². The van der Waals surface area contributed by atoms with Crippen molar-refractivity contribution in [2.75, 3.05) is 19.8 Å². The minimum Gasteiger partial charge on any atom is -0.371 e. The largest absolute Gasteiger partial charge is 0.371 e. The van der Waals surface area contributed by atoms with E-state index in [1.54, 1.807) is 6.08 Å². The van der Waals surface area contributed by atoms with Gasteiger partial charge in [-0.2, -0.15) is 0 Å². The van der Waals surface area contributed by atoms with Crippen molar-refractivity contribution < 1.29 is 14.2 Å². The summed E-state index contributed by atoms with van der Waals surface area (Å²) in [7, 11) is 0. The second-order valence-electron chi connectivity index (χ2n) is 4.08. The minimum atomic E-state index is -0.534. The molecule has 1 aliphatic heterocycles. The molecule has 0 aromatic rings. The monoisotopic (exact) mass is 212 g/mol. The Hall–Kier alpha value is -0.640. The summed E-state index contributed by atoms with van der Waals surface area (Å²) in [6, 6.07) is 0. The summed E-state index contributed by atoms with van der Waals surface area (Å²) < 4.78 is 16.8. The molecular formula is C12H20O3. The molecule has 1 saturated heterocycles. The summed E-state index contributed by atoms with van der Waals surface area (Å²) in [5.74, 6) is -0.361. The van der Waals surface area contributed by atoms with Crippen LogP contribution < -0.4 is 0 Å². The maximum atomic E-state index is 5.61. The van der Waals surface area contributed by atoms with E-state index in [-0.39, 0.29) is 12.0 Å². The van der Waals surface area contributed by atoms with Crippen LogP contribution >= 0.6 is 0 Å². The third kappa shape index (κ3) is 3.78. The van der Waals surface area contributed by atoms with E-state index in [1.165, 1.54) is 0 Å². The van der Waals surface area contributed by atoms with Gasteiger partial charge in [0, 0.05) is 5.92 Å². The second kappa shape index (κ2) is 5.45. The van der Waals surface area contributed by atoms with Crippen molar-refractivity contribution in [2.45, 2.75) is 25.7 Å². The van der Waals surface area contributed by atoms with Gasteiger partial charge in [0.05, 0.1) is 25.9 Å². The van der Waals surface area contributed by atoms with Crippen molar-refractivity contribution in [3.8, 4) is 0 Å². The first kappa shape index (κ1) is 12.4. The van der Waals surface area contributed by atoms with Crippen LogP contribution in [0.1, 0.15) is 13.8 Å². The quantitative estimate of drug-likeness (QED) is 0.668. The molecule has 0 aromatic carbocycles. The van der Waals surface area contributed by atoms with Crippen LogP contribution in [0.15, 0.2) is 25.3 Å². The number of rotatable bonds is 4. The predicted octanol–water partition coefficient (Wildman–Crippen LogP) is 2.14. The van der Waals surface area contributed by atoms with Crippen LogP contribution in [0.5, 0.6) is 0 Å². The first-order valence-corrected chi connectivity index (χ1v) is 5.22. The SMILES string of the molecule is C=CCO[C@H]1COC(C)(C)OC[C@@H]1C=C. The van der Waals surface area contributed by atoms with E-state index in [0.717, 1.165) is 0 Å². The Morgan fingerprint density at radius 3 is 2.60 bits per heavy atom. The molecule has 3 heteroatoms. The zero-order valence-corrected chi connectivity index (χ0v) is 9.57. The van der Waals surface area contributed by atoms with Gasteiger partial charge >= 0.3 is 0 Å². The summed E-state index contributed by atoms with van der Waals surface area (Å²) in [5, 5.41) is 0. The van der Waals surface area contributed by atoms with Gasteiger partial charge in [-0.25, -0.2) is 0 Å². The van der Waals surface area contributed by atoms with Gasteiger partial charge in [0.25, 0.3) is 0 Å². The van der Waals surface area contributed by atoms with Gasteiger partial charge in [0.15, 0.2) is 5.79 Å². The maximum Gasteiger partial charge on any atom is 0.162 e. The lowest BCUT2D eigenvalue weighted by Crippen LogP contribution is -2.29. The standard InChI is InChI=1S/C12H20O3/c1-5-7-13-11-9-15-12(3,4)14-8-10(11)6-2/h5-6,10-11H,1-2,7-9H2,3-4H3/t10-,11-/m0/s1. The van der Waals surface area contributed by atoms with Crippen LogP contribution in [0, 0.1) is 5.92 Å². The highest BCUT2D eigenvalue weighted by Gasteiger charge is 2.31. The molecular weight excluding hydrogens is 192 g/mol. The number of hydrogen-bond donors (Lipinski definition) is 0. The van der Waals surface area contributed by atoms with Gasteiger partial charge in [-0.15, -0.1) is 13.2 Å². The van der Waals surface area contributed by atoms with Crippen molar-refractivity contribution in [1.29, 1.82) is 0 Å². The number of hydrogen-bond acceptors (Lipinski definition) is 3. The van der Waals surface area contributed by atoms with E-state index in [0.29, 0.717) is 19.8 Å². The van der Waals surface area contributed by atoms with Crippen LogP contribution in [-0.4, -0.2) is 31.7 Å². The maximum absolute atomic E-state index is 5.61. The molecule has 1 rings (SSSR count). The van der Waals surface area contributed by atoms with Crippen LogP contribution in [0.25, 0.3) is 0 Å². The summed E-state index contributed by atoms with van der Waals surface area (Å²) in [5.41, 5.74) is 0. The highest BCUT2D eigenvalue weighted by atomic mass is 16.7. The average molecular weight is 212 g/mol. The fourth-order valence-electron chi connectivity index (χ4n) is 1.44. The van der Waals surface area contributed by atoms with Gasteiger partial charge in [-0.3, -0.25) is 0 Å². The highest BCUT2D eigenvalue weighted by Crippen LogP contribution is 2.23. The Morgan fingerprint density at radius 2 is 2.00 bits per heavy atom. The molecule has 3 nitrogen and oxygen atoms in total. The van der Waals surface area contributed by atoms with Crippen LogP contribution in [-0.2, 0) is 14.2 Å². The van der Waals surface area contributed by atoms with Gasteiger partial charge in [0.2, 0.25) is 0 Å². The zero-order chi connectivity index (χ0) is 11.3. The molecule has 1 fully saturated rings. The Balaban J connectivity index is 2.58. The van der Waals surface area contributed by atoms with Gasteiger partial charge in [0.1, 0.15) is 0 Å². The van der Waals surface area contributed by atoms with E-state index < -0.39 is 5.79 Å². The van der Waals surface area contributed by atoms with E-state index >= 15 is 0 Å². The Bertz CT molecular complexity index is 223. The Labute approximate surface area is 91.7 Å². The van der Waals surface area contributed by atoms with E-state index in [4.69, 9.17) is 14.2 Å². The molecule has 0 saturated carbocycles. The molecule has 0 bridgehead atoms. The van der Waals surface area contributed by atoms with Crippen molar-refractivity contribution in [2.24, 2.45) is 5.92 Å². The first-order chi connectivity index (χ1) is 7.09. The highest BCUT2D eigenvalue weighted by molar-refractivity contribution is 4.88. The Kier molecular flexibility index (Phi) is 4.51. The third-order valence-electron chi connectivity index (χ3n) is 2.43. The third-order valence-corrected chi connectivity index (χ3v) is 2.43. The summed E-state index contributed by atoms with van der Waals surface area (Å²) >= 11 is 0. The van der Waals surface area contributed by atoms with Gasteiger partial charge < -0.3 is 14.2 Å². The lowest BCUT2D eigenvalue weighted by molar-refractivity contribution is -0.204. The molecule has 15 heavy (non-hydrogen) atoms. The molecule has 1 heterocycles. The van der Waals surface area contributed by atoms with E-state index in [1.807, 2.05) is 19.9 Å².